The number of hydrogen-bond acceptors (Lipinski definition) is 2. The molecule has 6 heteroatoms. The van der Waals surface area contributed by atoms with Gasteiger partial charge in [0, 0.05) is 12.5 Å². The third-order valence-electron chi connectivity index (χ3n) is 3.34. The van der Waals surface area contributed by atoms with Gasteiger partial charge in [0.2, 0.25) is 5.91 Å². The minimum Gasteiger partial charge on any atom is -0.327 e. The highest BCUT2D eigenvalue weighted by molar-refractivity contribution is 5.79. The standard InChI is InChI=1S/C10H15F3N2O/c11-10(12,13)8-1-2-9(16)15(8)7-3-5-14-6-4-7/h7-8,14H,1-6H2/t8-/m0/s1. The highest BCUT2D eigenvalue weighted by Gasteiger charge is 2.50. The Hall–Kier alpha value is -0.780. The molecule has 2 aliphatic rings. The number of hydrogen-bond donors (Lipinski definition) is 1. The third kappa shape index (κ3) is 2.16. The quantitative estimate of drug-likeness (QED) is 0.744. The summed E-state index contributed by atoms with van der Waals surface area (Å²) in [4.78, 5) is 12.6. The van der Waals surface area contributed by atoms with Crippen LogP contribution in [0.25, 0.3) is 0 Å². The van der Waals surface area contributed by atoms with Crippen molar-refractivity contribution in [3.8, 4) is 0 Å². The van der Waals surface area contributed by atoms with Gasteiger partial charge >= 0.3 is 6.18 Å². The molecule has 1 amide bonds. The van der Waals surface area contributed by atoms with E-state index in [1.807, 2.05) is 0 Å². The molecule has 0 aliphatic carbocycles. The lowest BCUT2D eigenvalue weighted by atomic mass is 10.0. The molecule has 2 heterocycles. The fourth-order valence-electron chi connectivity index (χ4n) is 2.57. The number of piperidine rings is 1. The van der Waals surface area contributed by atoms with Crippen LogP contribution in [0.3, 0.4) is 0 Å². The van der Waals surface area contributed by atoms with Crippen molar-refractivity contribution in [2.24, 2.45) is 0 Å². The Morgan fingerprint density at radius 3 is 2.38 bits per heavy atom. The summed E-state index contributed by atoms with van der Waals surface area (Å²) in [6.45, 7) is 1.39. The molecule has 3 nitrogen and oxygen atoms in total. The van der Waals surface area contributed by atoms with Crippen molar-refractivity contribution >= 4 is 5.91 Å². The summed E-state index contributed by atoms with van der Waals surface area (Å²) in [6.07, 6.45) is -3.08. The molecule has 2 rings (SSSR count). The molecular formula is C10H15F3N2O. The molecule has 0 unspecified atom stereocenters. The van der Waals surface area contributed by atoms with E-state index in [0.717, 1.165) is 4.90 Å². The van der Waals surface area contributed by atoms with E-state index < -0.39 is 12.2 Å². The Kier molecular flexibility index (Phi) is 3.10. The van der Waals surface area contributed by atoms with Gasteiger partial charge in [0.05, 0.1) is 0 Å². The first kappa shape index (κ1) is 11.7. The summed E-state index contributed by atoms with van der Waals surface area (Å²) in [5.41, 5.74) is 0. The fraction of sp³-hybridized carbons (Fsp3) is 0.900. The van der Waals surface area contributed by atoms with E-state index in [2.05, 4.69) is 5.32 Å². The molecule has 0 aromatic carbocycles. The van der Waals surface area contributed by atoms with Crippen molar-refractivity contribution in [2.45, 2.75) is 43.9 Å². The summed E-state index contributed by atoms with van der Waals surface area (Å²) < 4.78 is 38.2. The molecule has 0 saturated carbocycles. The van der Waals surface area contributed by atoms with E-state index in [-0.39, 0.29) is 24.8 Å². The fourth-order valence-corrected chi connectivity index (χ4v) is 2.57. The number of carbonyl (C=O) groups excluding carboxylic acids is 1. The number of alkyl halides is 3. The smallest absolute Gasteiger partial charge is 0.327 e. The van der Waals surface area contributed by atoms with Crippen molar-refractivity contribution in [3.05, 3.63) is 0 Å². The second-order valence-corrected chi connectivity index (χ2v) is 4.38. The first-order chi connectivity index (χ1) is 7.50. The molecule has 2 aliphatic heterocycles. The number of nitrogens with zero attached hydrogens (tertiary/aromatic N) is 1. The van der Waals surface area contributed by atoms with Crippen LogP contribution in [0.1, 0.15) is 25.7 Å². The second-order valence-electron chi connectivity index (χ2n) is 4.38. The SMILES string of the molecule is O=C1CC[C@@H](C(F)(F)F)N1C1CCNCC1. The highest BCUT2D eigenvalue weighted by atomic mass is 19.4. The van der Waals surface area contributed by atoms with Gasteiger partial charge in [-0.15, -0.1) is 0 Å². The van der Waals surface area contributed by atoms with Gasteiger partial charge in [-0.05, 0) is 32.4 Å². The molecule has 0 spiro atoms. The lowest BCUT2D eigenvalue weighted by Crippen LogP contribution is -2.51. The minimum atomic E-state index is -4.28. The van der Waals surface area contributed by atoms with E-state index in [1.54, 1.807) is 0 Å². The van der Waals surface area contributed by atoms with Crippen LogP contribution in [0.15, 0.2) is 0 Å². The van der Waals surface area contributed by atoms with Crippen LogP contribution >= 0.6 is 0 Å². The average molecular weight is 236 g/mol. The van der Waals surface area contributed by atoms with Gasteiger partial charge in [-0.1, -0.05) is 0 Å². The lowest BCUT2D eigenvalue weighted by molar-refractivity contribution is -0.186. The average Bonchev–Trinajstić information content (AvgIpc) is 2.61. The molecule has 0 radical (unpaired) electrons. The van der Waals surface area contributed by atoms with Crippen LogP contribution < -0.4 is 5.32 Å². The summed E-state index contributed by atoms with van der Waals surface area (Å²) >= 11 is 0. The van der Waals surface area contributed by atoms with E-state index in [4.69, 9.17) is 0 Å². The number of halogens is 3. The van der Waals surface area contributed by atoms with Gasteiger partial charge in [-0.3, -0.25) is 4.79 Å². The molecule has 0 aromatic heterocycles. The van der Waals surface area contributed by atoms with Crippen LogP contribution in [0, 0.1) is 0 Å². The van der Waals surface area contributed by atoms with Gasteiger partial charge < -0.3 is 10.2 Å². The largest absolute Gasteiger partial charge is 0.408 e. The van der Waals surface area contributed by atoms with Crippen molar-refractivity contribution in [1.29, 1.82) is 0 Å². The molecule has 0 bridgehead atoms. The van der Waals surface area contributed by atoms with Crippen LogP contribution in [-0.2, 0) is 4.79 Å². The zero-order chi connectivity index (χ0) is 11.8. The van der Waals surface area contributed by atoms with Gasteiger partial charge in [0.15, 0.2) is 0 Å². The highest BCUT2D eigenvalue weighted by Crippen LogP contribution is 2.36. The molecule has 1 atom stereocenters. The predicted molar refractivity (Wildman–Crippen MR) is 51.8 cm³/mol. The third-order valence-corrected chi connectivity index (χ3v) is 3.34. The molecule has 0 aromatic rings. The Morgan fingerprint density at radius 2 is 1.81 bits per heavy atom. The maximum absolute atomic E-state index is 12.7. The van der Waals surface area contributed by atoms with E-state index in [9.17, 15) is 18.0 Å². The topological polar surface area (TPSA) is 32.3 Å². The first-order valence-corrected chi connectivity index (χ1v) is 5.59. The summed E-state index contributed by atoms with van der Waals surface area (Å²) in [7, 11) is 0. The zero-order valence-corrected chi connectivity index (χ0v) is 8.89. The number of amides is 1. The first-order valence-electron chi connectivity index (χ1n) is 5.59. The number of carbonyl (C=O) groups is 1. The van der Waals surface area contributed by atoms with Crippen LogP contribution in [0.2, 0.25) is 0 Å². The zero-order valence-electron chi connectivity index (χ0n) is 8.89. The van der Waals surface area contributed by atoms with Crippen LogP contribution in [0.4, 0.5) is 13.2 Å². The van der Waals surface area contributed by atoms with Gasteiger partial charge in [0.25, 0.3) is 0 Å². The molecule has 2 fully saturated rings. The summed E-state index contributed by atoms with van der Waals surface area (Å²) in [5, 5.41) is 3.09. The van der Waals surface area contributed by atoms with Crippen LogP contribution in [-0.4, -0.2) is 42.2 Å². The Bertz CT molecular complexity index is 274. The maximum Gasteiger partial charge on any atom is 0.408 e. The Labute approximate surface area is 92.0 Å². The molecule has 16 heavy (non-hydrogen) atoms. The molecule has 92 valence electrons. The monoisotopic (exact) mass is 236 g/mol. The predicted octanol–water partition coefficient (Wildman–Crippen LogP) is 1.29. The van der Waals surface area contributed by atoms with Crippen molar-refractivity contribution in [1.82, 2.24) is 10.2 Å². The van der Waals surface area contributed by atoms with E-state index in [1.165, 1.54) is 0 Å². The van der Waals surface area contributed by atoms with Gasteiger partial charge in [-0.25, -0.2) is 0 Å². The molecule has 1 N–H and O–H groups in total. The lowest BCUT2D eigenvalue weighted by Gasteiger charge is -2.36. The van der Waals surface area contributed by atoms with E-state index >= 15 is 0 Å². The number of likely N-dealkylation sites (tertiary alicyclic amines) is 1. The Morgan fingerprint density at radius 1 is 1.19 bits per heavy atom. The molecule has 2 saturated heterocycles. The van der Waals surface area contributed by atoms with Crippen LogP contribution in [0.5, 0.6) is 0 Å². The maximum atomic E-state index is 12.7. The van der Waals surface area contributed by atoms with Gasteiger partial charge in [-0.2, -0.15) is 13.2 Å². The second kappa shape index (κ2) is 4.24. The van der Waals surface area contributed by atoms with Crippen molar-refractivity contribution in [2.75, 3.05) is 13.1 Å². The molecular weight excluding hydrogens is 221 g/mol. The summed E-state index contributed by atoms with van der Waals surface area (Å²) in [5.74, 6) is -0.339. The minimum absolute atomic E-state index is 0.0358. The Balaban J connectivity index is 2.12. The van der Waals surface area contributed by atoms with E-state index in [0.29, 0.717) is 25.9 Å². The van der Waals surface area contributed by atoms with Crippen molar-refractivity contribution in [3.63, 3.8) is 0 Å². The van der Waals surface area contributed by atoms with Gasteiger partial charge in [0.1, 0.15) is 6.04 Å². The van der Waals surface area contributed by atoms with Crippen molar-refractivity contribution < 1.29 is 18.0 Å². The summed E-state index contributed by atoms with van der Waals surface area (Å²) in [6, 6.07) is -1.79. The normalized spacial score (nSPS) is 28.8. The number of nitrogens with one attached hydrogen (secondary N) is 1. The number of rotatable bonds is 1.